The third-order valence-electron chi connectivity index (χ3n) is 6.04. The number of aryl methyl sites for hydroxylation is 2. The second-order valence-corrected chi connectivity index (χ2v) is 8.63. The summed E-state index contributed by atoms with van der Waals surface area (Å²) in [6.45, 7) is 4.47. The van der Waals surface area contributed by atoms with E-state index in [9.17, 15) is 0 Å². The summed E-state index contributed by atoms with van der Waals surface area (Å²) in [5.74, 6) is 6.67. The third-order valence-corrected chi connectivity index (χ3v) is 6.04. The Balaban J connectivity index is 1.45. The molecule has 0 aromatic heterocycles. The first-order chi connectivity index (χ1) is 15.7. The first-order valence-electron chi connectivity index (χ1n) is 12.0. The lowest BCUT2D eigenvalue weighted by Gasteiger charge is -2.04. The topological polar surface area (TPSA) is 0 Å². The standard InChI is InChI=1S/C32H32/c1-3-5-6-8-27-15-21-32-24-28(16-22-31(32)23-27)10-9-26-13-19-30(20-14-26)29-17-11-25(7-4-2)12-18-29/h11-24H,3-8H2,1-2H3. The van der Waals surface area contributed by atoms with Crippen molar-refractivity contribution in [1.82, 2.24) is 0 Å². The van der Waals surface area contributed by atoms with Gasteiger partial charge in [0.25, 0.3) is 0 Å². The minimum absolute atomic E-state index is 1.04. The van der Waals surface area contributed by atoms with Crippen molar-refractivity contribution in [3.63, 3.8) is 0 Å². The number of hydrogen-bond donors (Lipinski definition) is 0. The zero-order valence-electron chi connectivity index (χ0n) is 19.3. The van der Waals surface area contributed by atoms with E-state index in [0.717, 1.165) is 17.5 Å². The number of fused-ring (bicyclic) bond motifs is 1. The Kier molecular flexibility index (Phi) is 7.42. The van der Waals surface area contributed by atoms with Gasteiger partial charge < -0.3 is 0 Å². The van der Waals surface area contributed by atoms with Crippen LogP contribution in [0.1, 0.15) is 61.8 Å². The Bertz CT molecular complexity index is 1220. The van der Waals surface area contributed by atoms with Crippen LogP contribution < -0.4 is 0 Å². The summed E-state index contributed by atoms with van der Waals surface area (Å²) in [7, 11) is 0. The van der Waals surface area contributed by atoms with E-state index in [2.05, 4.69) is 111 Å². The molecular formula is C32H32. The van der Waals surface area contributed by atoms with Crippen LogP contribution in [0, 0.1) is 11.8 Å². The normalized spacial score (nSPS) is 10.7. The van der Waals surface area contributed by atoms with E-state index in [1.807, 2.05) is 0 Å². The fraction of sp³-hybridized carbons (Fsp3) is 0.250. The van der Waals surface area contributed by atoms with Crippen LogP contribution in [0.4, 0.5) is 0 Å². The van der Waals surface area contributed by atoms with Gasteiger partial charge in [0.15, 0.2) is 0 Å². The second-order valence-electron chi connectivity index (χ2n) is 8.63. The maximum Gasteiger partial charge on any atom is 0.0255 e. The van der Waals surface area contributed by atoms with Crippen molar-refractivity contribution in [2.24, 2.45) is 0 Å². The summed E-state index contributed by atoms with van der Waals surface area (Å²) in [5.41, 5.74) is 7.44. The highest BCUT2D eigenvalue weighted by atomic mass is 14.0. The number of unbranched alkanes of at least 4 members (excludes halogenated alkanes) is 2. The van der Waals surface area contributed by atoms with Crippen molar-refractivity contribution < 1.29 is 0 Å². The van der Waals surface area contributed by atoms with Crippen LogP contribution in [0.5, 0.6) is 0 Å². The molecule has 4 rings (SSSR count). The van der Waals surface area contributed by atoms with Crippen molar-refractivity contribution in [2.75, 3.05) is 0 Å². The molecule has 0 N–H and O–H groups in total. The van der Waals surface area contributed by atoms with Gasteiger partial charge in [-0.05, 0) is 76.6 Å². The van der Waals surface area contributed by atoms with Gasteiger partial charge in [-0.25, -0.2) is 0 Å². The zero-order valence-corrected chi connectivity index (χ0v) is 19.3. The van der Waals surface area contributed by atoms with Crippen molar-refractivity contribution >= 4 is 10.8 Å². The summed E-state index contributed by atoms with van der Waals surface area (Å²) in [4.78, 5) is 0. The number of hydrogen-bond acceptors (Lipinski definition) is 0. The molecule has 4 aromatic carbocycles. The molecule has 0 fully saturated rings. The third kappa shape index (κ3) is 5.68. The Hall–Kier alpha value is -3.30. The zero-order chi connectivity index (χ0) is 22.2. The van der Waals surface area contributed by atoms with Crippen LogP contribution in [-0.4, -0.2) is 0 Å². The van der Waals surface area contributed by atoms with E-state index in [4.69, 9.17) is 0 Å². The molecule has 0 saturated heterocycles. The molecule has 0 heterocycles. The van der Waals surface area contributed by atoms with E-state index in [-0.39, 0.29) is 0 Å². The predicted octanol–water partition coefficient (Wildman–Crippen LogP) is 8.59. The first kappa shape index (κ1) is 21.9. The van der Waals surface area contributed by atoms with Crippen LogP contribution in [0.2, 0.25) is 0 Å². The number of rotatable bonds is 7. The molecule has 0 radical (unpaired) electrons. The maximum atomic E-state index is 3.34. The van der Waals surface area contributed by atoms with Gasteiger partial charge in [-0.2, -0.15) is 0 Å². The largest absolute Gasteiger partial charge is 0.0654 e. The molecule has 4 aromatic rings. The SMILES string of the molecule is CCCCCc1ccc2cc(C#Cc3ccc(-c4ccc(CCC)cc4)cc3)ccc2c1. The van der Waals surface area contributed by atoms with Gasteiger partial charge in [0.05, 0.1) is 0 Å². The molecule has 0 bridgehead atoms. The first-order valence-corrected chi connectivity index (χ1v) is 12.0. The molecule has 0 heteroatoms. The number of benzene rings is 4. The minimum atomic E-state index is 1.04. The predicted molar refractivity (Wildman–Crippen MR) is 139 cm³/mol. The van der Waals surface area contributed by atoms with Gasteiger partial charge in [-0.1, -0.05) is 106 Å². The fourth-order valence-corrected chi connectivity index (χ4v) is 4.15. The summed E-state index contributed by atoms with van der Waals surface area (Å²) >= 11 is 0. The molecule has 0 unspecified atom stereocenters. The highest BCUT2D eigenvalue weighted by Gasteiger charge is 2.00. The van der Waals surface area contributed by atoms with E-state index >= 15 is 0 Å². The van der Waals surface area contributed by atoms with Gasteiger partial charge in [0, 0.05) is 11.1 Å². The van der Waals surface area contributed by atoms with Gasteiger partial charge >= 0.3 is 0 Å². The van der Waals surface area contributed by atoms with Gasteiger partial charge in [0.1, 0.15) is 0 Å². The molecule has 0 nitrogen and oxygen atoms in total. The lowest BCUT2D eigenvalue weighted by Crippen LogP contribution is -1.86. The monoisotopic (exact) mass is 416 g/mol. The molecule has 0 amide bonds. The Labute approximate surface area is 193 Å². The molecular weight excluding hydrogens is 384 g/mol. The average molecular weight is 417 g/mol. The van der Waals surface area contributed by atoms with Gasteiger partial charge in [-0.3, -0.25) is 0 Å². The smallest absolute Gasteiger partial charge is 0.0255 e. The van der Waals surface area contributed by atoms with Gasteiger partial charge in [-0.15, -0.1) is 0 Å². The van der Waals surface area contributed by atoms with Crippen molar-refractivity contribution in [3.8, 4) is 23.0 Å². The van der Waals surface area contributed by atoms with E-state index < -0.39 is 0 Å². The summed E-state index contributed by atoms with van der Waals surface area (Å²) in [5, 5.41) is 2.57. The van der Waals surface area contributed by atoms with Crippen molar-refractivity contribution in [1.29, 1.82) is 0 Å². The molecule has 0 atom stereocenters. The second kappa shape index (κ2) is 10.8. The van der Waals surface area contributed by atoms with Crippen LogP contribution in [0.3, 0.4) is 0 Å². The lowest BCUT2D eigenvalue weighted by molar-refractivity contribution is 0.718. The summed E-state index contributed by atoms with van der Waals surface area (Å²) in [6, 6.07) is 30.8. The van der Waals surface area contributed by atoms with Crippen LogP contribution >= 0.6 is 0 Å². The summed E-state index contributed by atoms with van der Waals surface area (Å²) < 4.78 is 0. The molecule has 0 aliphatic rings. The summed E-state index contributed by atoms with van der Waals surface area (Å²) in [6.07, 6.45) is 7.34. The molecule has 0 saturated carbocycles. The van der Waals surface area contributed by atoms with Crippen LogP contribution in [-0.2, 0) is 12.8 Å². The lowest BCUT2D eigenvalue weighted by atomic mass is 10.0. The Morgan fingerprint density at radius 2 is 1.09 bits per heavy atom. The van der Waals surface area contributed by atoms with Crippen molar-refractivity contribution in [3.05, 3.63) is 107 Å². The highest BCUT2D eigenvalue weighted by molar-refractivity contribution is 5.84. The quantitative estimate of drug-likeness (QED) is 0.209. The Morgan fingerprint density at radius 3 is 1.81 bits per heavy atom. The molecule has 160 valence electrons. The average Bonchev–Trinajstić information content (AvgIpc) is 2.84. The van der Waals surface area contributed by atoms with Crippen LogP contribution in [0.25, 0.3) is 21.9 Å². The van der Waals surface area contributed by atoms with E-state index in [0.29, 0.717) is 0 Å². The molecule has 0 aliphatic heterocycles. The van der Waals surface area contributed by atoms with Crippen LogP contribution in [0.15, 0.2) is 84.9 Å². The van der Waals surface area contributed by atoms with E-state index in [1.165, 1.54) is 65.1 Å². The molecule has 0 spiro atoms. The van der Waals surface area contributed by atoms with E-state index in [1.54, 1.807) is 0 Å². The maximum absolute atomic E-state index is 3.34. The van der Waals surface area contributed by atoms with Gasteiger partial charge in [0.2, 0.25) is 0 Å². The fourth-order valence-electron chi connectivity index (χ4n) is 4.15. The molecule has 0 aliphatic carbocycles. The minimum Gasteiger partial charge on any atom is -0.0654 e. The van der Waals surface area contributed by atoms with Crippen molar-refractivity contribution in [2.45, 2.75) is 52.4 Å². The Morgan fingerprint density at radius 1 is 0.500 bits per heavy atom. The highest BCUT2D eigenvalue weighted by Crippen LogP contribution is 2.22. The molecule has 32 heavy (non-hydrogen) atoms.